The maximum Gasteiger partial charge on any atom is 0.265 e. The second kappa shape index (κ2) is 3.70. The zero-order valence-electron chi connectivity index (χ0n) is 6.24. The molecule has 0 aliphatic carbocycles. The number of benzene rings is 1. The number of hydrogen-bond acceptors (Lipinski definition) is 4. The van der Waals surface area contributed by atoms with Crippen molar-refractivity contribution < 1.29 is 10.0 Å². The number of amides is 1. The molecule has 0 spiro atoms. The lowest BCUT2D eigenvalue weighted by Gasteiger charge is -2.01. The van der Waals surface area contributed by atoms with Gasteiger partial charge in [-0.1, -0.05) is 6.07 Å². The zero-order valence-corrected chi connectivity index (χ0v) is 6.24. The van der Waals surface area contributed by atoms with Crippen molar-refractivity contribution in [3.63, 3.8) is 0 Å². The lowest BCUT2D eigenvalue weighted by Crippen LogP contribution is -2.29. The molecule has 5 N–H and O–H groups in total. The first kappa shape index (κ1) is 8.51. The van der Waals surface area contributed by atoms with Gasteiger partial charge in [-0.05, 0) is 18.2 Å². The van der Waals surface area contributed by atoms with Gasteiger partial charge in [-0.25, -0.2) is 5.84 Å². The van der Waals surface area contributed by atoms with Crippen LogP contribution in [0.25, 0.3) is 0 Å². The number of nitrogens with one attached hydrogen (secondary N) is 2. The molecule has 0 saturated carbocycles. The lowest BCUT2D eigenvalue weighted by atomic mass is 10.2. The summed E-state index contributed by atoms with van der Waals surface area (Å²) in [7, 11) is 0. The predicted molar refractivity (Wildman–Crippen MR) is 43.5 cm³/mol. The van der Waals surface area contributed by atoms with Gasteiger partial charge in [0.1, 0.15) is 0 Å². The van der Waals surface area contributed by atoms with Gasteiger partial charge in [0, 0.05) is 5.56 Å². The second-order valence-electron chi connectivity index (χ2n) is 2.17. The first-order chi connectivity index (χ1) is 5.77. The summed E-state index contributed by atoms with van der Waals surface area (Å²) in [6.07, 6.45) is 0. The standard InChI is InChI=1S/C7H9N3O2/c8-9-7(11)5-2-1-3-6(4-5)10-12/h1-4,10,12H,8H2,(H,9,11). The quantitative estimate of drug-likeness (QED) is 0.285. The number of hydrazine groups is 1. The van der Waals surface area contributed by atoms with Gasteiger partial charge in [0.25, 0.3) is 5.91 Å². The van der Waals surface area contributed by atoms with Crippen LogP contribution in [-0.2, 0) is 0 Å². The molecule has 0 unspecified atom stereocenters. The first-order valence-electron chi connectivity index (χ1n) is 3.29. The van der Waals surface area contributed by atoms with Crippen LogP contribution in [0.1, 0.15) is 10.4 Å². The van der Waals surface area contributed by atoms with Gasteiger partial charge < -0.3 is 0 Å². The summed E-state index contributed by atoms with van der Waals surface area (Å²) in [6, 6.07) is 6.31. The number of nitrogen functional groups attached to an aromatic ring is 1. The van der Waals surface area contributed by atoms with E-state index in [0.717, 1.165) is 0 Å². The van der Waals surface area contributed by atoms with E-state index in [0.29, 0.717) is 11.3 Å². The average Bonchev–Trinajstić information content (AvgIpc) is 2.17. The normalized spacial score (nSPS) is 9.17. The van der Waals surface area contributed by atoms with Gasteiger partial charge in [-0.3, -0.25) is 20.9 Å². The van der Waals surface area contributed by atoms with Crippen LogP contribution < -0.4 is 16.7 Å². The molecular weight excluding hydrogens is 158 g/mol. The number of anilines is 1. The van der Waals surface area contributed by atoms with E-state index in [2.05, 4.69) is 0 Å². The Balaban J connectivity index is 2.93. The fourth-order valence-electron chi connectivity index (χ4n) is 0.813. The molecule has 0 bridgehead atoms. The molecule has 0 atom stereocenters. The minimum absolute atomic E-state index is 0.386. The summed E-state index contributed by atoms with van der Waals surface area (Å²) in [5.41, 5.74) is 4.74. The molecule has 1 amide bonds. The molecule has 12 heavy (non-hydrogen) atoms. The SMILES string of the molecule is NNC(=O)c1cccc(NO)c1. The fraction of sp³-hybridized carbons (Fsp3) is 0. The summed E-state index contributed by atoms with van der Waals surface area (Å²) in [4.78, 5) is 10.9. The molecule has 1 aromatic rings. The molecule has 0 heterocycles. The van der Waals surface area contributed by atoms with E-state index in [9.17, 15) is 4.79 Å². The highest BCUT2D eigenvalue weighted by Gasteiger charge is 2.02. The minimum Gasteiger partial charge on any atom is -0.291 e. The third kappa shape index (κ3) is 1.71. The van der Waals surface area contributed by atoms with Crippen LogP contribution in [-0.4, -0.2) is 11.1 Å². The largest absolute Gasteiger partial charge is 0.291 e. The van der Waals surface area contributed by atoms with Gasteiger partial charge in [0.2, 0.25) is 0 Å². The number of hydrogen-bond donors (Lipinski definition) is 4. The Morgan fingerprint density at radius 2 is 2.25 bits per heavy atom. The van der Waals surface area contributed by atoms with E-state index in [4.69, 9.17) is 11.0 Å². The van der Waals surface area contributed by atoms with Crippen LogP contribution in [0.15, 0.2) is 24.3 Å². The molecule has 0 aliphatic rings. The monoisotopic (exact) mass is 167 g/mol. The zero-order chi connectivity index (χ0) is 8.97. The molecule has 5 heteroatoms. The highest BCUT2D eigenvalue weighted by molar-refractivity contribution is 5.94. The first-order valence-corrected chi connectivity index (χ1v) is 3.29. The summed E-state index contributed by atoms with van der Waals surface area (Å²) in [5, 5.41) is 8.50. The Morgan fingerprint density at radius 1 is 1.50 bits per heavy atom. The number of carbonyl (C=O) groups is 1. The second-order valence-corrected chi connectivity index (χ2v) is 2.17. The minimum atomic E-state index is -0.396. The molecule has 1 aromatic carbocycles. The third-order valence-electron chi connectivity index (χ3n) is 1.38. The Hall–Kier alpha value is -1.59. The summed E-state index contributed by atoms with van der Waals surface area (Å²) < 4.78 is 0. The molecule has 0 radical (unpaired) electrons. The molecule has 5 nitrogen and oxygen atoms in total. The molecule has 0 saturated heterocycles. The van der Waals surface area contributed by atoms with E-state index in [1.165, 1.54) is 6.07 Å². The third-order valence-corrected chi connectivity index (χ3v) is 1.38. The molecule has 0 aromatic heterocycles. The van der Waals surface area contributed by atoms with Crippen LogP contribution in [0.2, 0.25) is 0 Å². The van der Waals surface area contributed by atoms with Crippen LogP contribution in [0.5, 0.6) is 0 Å². The highest BCUT2D eigenvalue weighted by Crippen LogP contribution is 2.08. The van der Waals surface area contributed by atoms with E-state index >= 15 is 0 Å². The van der Waals surface area contributed by atoms with E-state index in [1.54, 1.807) is 18.2 Å². The van der Waals surface area contributed by atoms with Crippen LogP contribution in [0.4, 0.5) is 5.69 Å². The molecule has 0 fully saturated rings. The van der Waals surface area contributed by atoms with E-state index in [-0.39, 0.29) is 0 Å². The van der Waals surface area contributed by atoms with Gasteiger partial charge in [-0.2, -0.15) is 0 Å². The predicted octanol–water partition coefficient (Wildman–Crippen LogP) is 0.0912. The number of nitrogens with two attached hydrogens (primary N) is 1. The Morgan fingerprint density at radius 3 is 2.83 bits per heavy atom. The summed E-state index contributed by atoms with van der Waals surface area (Å²) in [5.74, 6) is 4.52. The van der Waals surface area contributed by atoms with Gasteiger partial charge in [-0.15, -0.1) is 0 Å². The summed E-state index contributed by atoms with van der Waals surface area (Å²) >= 11 is 0. The maximum absolute atomic E-state index is 10.9. The highest BCUT2D eigenvalue weighted by atomic mass is 16.5. The topological polar surface area (TPSA) is 87.4 Å². The Kier molecular flexibility index (Phi) is 2.62. The average molecular weight is 167 g/mol. The maximum atomic E-state index is 10.9. The van der Waals surface area contributed by atoms with Crippen molar-refractivity contribution in [3.8, 4) is 0 Å². The van der Waals surface area contributed by atoms with Crippen molar-refractivity contribution in [1.82, 2.24) is 5.43 Å². The number of carbonyl (C=O) groups excluding carboxylic acids is 1. The van der Waals surface area contributed by atoms with E-state index < -0.39 is 5.91 Å². The smallest absolute Gasteiger partial charge is 0.265 e. The molecule has 0 aliphatic heterocycles. The van der Waals surface area contributed by atoms with Crippen molar-refractivity contribution in [2.24, 2.45) is 5.84 Å². The number of rotatable bonds is 2. The fourth-order valence-corrected chi connectivity index (χ4v) is 0.813. The van der Waals surface area contributed by atoms with E-state index in [1.807, 2.05) is 10.9 Å². The van der Waals surface area contributed by atoms with Crippen molar-refractivity contribution in [2.75, 3.05) is 5.48 Å². The Labute approximate surface area is 69.1 Å². The molecular formula is C7H9N3O2. The van der Waals surface area contributed by atoms with Gasteiger partial charge in [0.15, 0.2) is 0 Å². The summed E-state index contributed by atoms with van der Waals surface area (Å²) in [6.45, 7) is 0. The van der Waals surface area contributed by atoms with Crippen molar-refractivity contribution in [2.45, 2.75) is 0 Å². The van der Waals surface area contributed by atoms with Crippen LogP contribution in [0, 0.1) is 0 Å². The molecule has 1 rings (SSSR count). The van der Waals surface area contributed by atoms with Crippen LogP contribution in [0.3, 0.4) is 0 Å². The van der Waals surface area contributed by atoms with Crippen molar-refractivity contribution in [3.05, 3.63) is 29.8 Å². The van der Waals surface area contributed by atoms with Crippen molar-refractivity contribution in [1.29, 1.82) is 0 Å². The van der Waals surface area contributed by atoms with Crippen LogP contribution >= 0.6 is 0 Å². The lowest BCUT2D eigenvalue weighted by molar-refractivity contribution is 0.0953. The molecule has 64 valence electrons. The van der Waals surface area contributed by atoms with Gasteiger partial charge in [0.05, 0.1) is 5.69 Å². The Bertz CT molecular complexity index is 288. The van der Waals surface area contributed by atoms with Gasteiger partial charge >= 0.3 is 0 Å². The van der Waals surface area contributed by atoms with Crippen molar-refractivity contribution >= 4 is 11.6 Å².